The number of rotatable bonds is 6. The van der Waals surface area contributed by atoms with Crippen LogP contribution in [0.2, 0.25) is 0 Å². The highest BCUT2D eigenvalue weighted by atomic mass is 19.4. The summed E-state index contributed by atoms with van der Waals surface area (Å²) in [6.45, 7) is 2.08. The molecule has 3 aromatic carbocycles. The molecule has 0 bridgehead atoms. The number of nitrogens with zero attached hydrogens (tertiary/aromatic N) is 2. The number of para-hydroxylation sites is 2. The second kappa shape index (κ2) is 8.74. The normalized spacial score (nSPS) is 11.5. The predicted molar refractivity (Wildman–Crippen MR) is 115 cm³/mol. The summed E-state index contributed by atoms with van der Waals surface area (Å²) in [5.74, 6) is 0.863. The van der Waals surface area contributed by atoms with Crippen molar-refractivity contribution in [2.75, 3.05) is 5.32 Å². The number of nitrogens with one attached hydrogen (secondary N) is 1. The van der Waals surface area contributed by atoms with Gasteiger partial charge >= 0.3 is 6.18 Å². The lowest BCUT2D eigenvalue weighted by molar-refractivity contribution is -0.137. The highest BCUT2D eigenvalue weighted by molar-refractivity contribution is 5.91. The number of hydrogen-bond acceptors (Lipinski definition) is 3. The van der Waals surface area contributed by atoms with Gasteiger partial charge < -0.3 is 14.6 Å². The zero-order valence-corrected chi connectivity index (χ0v) is 17.2. The number of imidazole rings is 1. The second-order valence-corrected chi connectivity index (χ2v) is 7.33. The van der Waals surface area contributed by atoms with Crippen molar-refractivity contribution in [1.29, 1.82) is 0 Å². The largest absolute Gasteiger partial charge is 0.486 e. The van der Waals surface area contributed by atoms with Gasteiger partial charge in [-0.1, -0.05) is 29.8 Å². The lowest BCUT2D eigenvalue weighted by Crippen LogP contribution is -2.21. The van der Waals surface area contributed by atoms with Gasteiger partial charge in [0.25, 0.3) is 0 Å². The van der Waals surface area contributed by atoms with Crippen molar-refractivity contribution in [1.82, 2.24) is 9.55 Å². The molecule has 4 rings (SSSR count). The molecular weight excluding hydrogens is 419 g/mol. The Balaban J connectivity index is 1.51. The summed E-state index contributed by atoms with van der Waals surface area (Å²) in [5, 5.41) is 2.64. The number of carbonyl (C=O) groups excluding carboxylic acids is 1. The molecule has 4 aromatic rings. The average Bonchev–Trinajstić information content (AvgIpc) is 3.10. The van der Waals surface area contributed by atoms with Gasteiger partial charge in [-0.2, -0.15) is 13.2 Å². The maximum atomic E-state index is 12.7. The number of hydrogen-bond donors (Lipinski definition) is 1. The number of aryl methyl sites for hydroxylation is 1. The number of benzene rings is 3. The third kappa shape index (κ3) is 4.91. The van der Waals surface area contributed by atoms with Crippen LogP contribution in [0.15, 0.2) is 72.8 Å². The molecular formula is C24H20F3N3O2. The first-order valence-electron chi connectivity index (χ1n) is 9.90. The molecule has 0 spiro atoms. The van der Waals surface area contributed by atoms with Crippen LogP contribution in [-0.4, -0.2) is 15.5 Å². The molecule has 0 fully saturated rings. The summed E-state index contributed by atoms with van der Waals surface area (Å²) in [5.41, 5.74) is 2.11. The molecule has 1 amide bonds. The topological polar surface area (TPSA) is 56.2 Å². The van der Waals surface area contributed by atoms with Crippen LogP contribution in [0.3, 0.4) is 0 Å². The van der Waals surface area contributed by atoms with Crippen LogP contribution in [-0.2, 0) is 24.1 Å². The first-order valence-corrected chi connectivity index (χ1v) is 9.90. The summed E-state index contributed by atoms with van der Waals surface area (Å²) < 4.78 is 45.8. The van der Waals surface area contributed by atoms with E-state index in [0.29, 0.717) is 11.6 Å². The van der Waals surface area contributed by atoms with Crippen LogP contribution in [0.5, 0.6) is 5.75 Å². The minimum atomic E-state index is -4.43. The number of amides is 1. The van der Waals surface area contributed by atoms with Crippen molar-refractivity contribution in [2.24, 2.45) is 0 Å². The third-order valence-electron chi connectivity index (χ3n) is 4.92. The first-order chi connectivity index (χ1) is 15.3. The molecule has 0 atom stereocenters. The minimum Gasteiger partial charge on any atom is -0.486 e. The van der Waals surface area contributed by atoms with Crippen LogP contribution < -0.4 is 10.1 Å². The lowest BCUT2D eigenvalue weighted by atomic mass is 10.2. The average molecular weight is 439 g/mol. The molecule has 32 heavy (non-hydrogen) atoms. The molecule has 0 aliphatic carbocycles. The Morgan fingerprint density at radius 1 is 1.00 bits per heavy atom. The Bertz CT molecular complexity index is 1230. The fourth-order valence-corrected chi connectivity index (χ4v) is 3.28. The number of anilines is 1. The van der Waals surface area contributed by atoms with Crippen LogP contribution >= 0.6 is 0 Å². The molecule has 5 nitrogen and oxygen atoms in total. The van der Waals surface area contributed by atoms with Crippen LogP contribution in [0.4, 0.5) is 18.9 Å². The smallest absolute Gasteiger partial charge is 0.416 e. The van der Waals surface area contributed by atoms with E-state index in [1.54, 1.807) is 4.57 Å². The number of aromatic nitrogens is 2. The monoisotopic (exact) mass is 439 g/mol. The van der Waals surface area contributed by atoms with Crippen LogP contribution in [0, 0.1) is 6.92 Å². The van der Waals surface area contributed by atoms with Crippen molar-refractivity contribution in [3.63, 3.8) is 0 Å². The first kappa shape index (κ1) is 21.4. The number of fused-ring (bicyclic) bond motifs is 1. The predicted octanol–water partition coefficient (Wildman–Crippen LogP) is 5.58. The Kier molecular flexibility index (Phi) is 5.85. The number of halogens is 3. The Hall–Kier alpha value is -3.81. The molecule has 0 radical (unpaired) electrons. The molecule has 8 heteroatoms. The van der Waals surface area contributed by atoms with E-state index in [1.807, 2.05) is 55.5 Å². The summed E-state index contributed by atoms with van der Waals surface area (Å²) in [6.07, 6.45) is -4.43. The standard InChI is InChI=1S/C24H20F3N3O2/c1-16-6-12-19(13-7-16)32-15-22-29-20-4-2-3-5-21(20)30(22)14-23(31)28-18-10-8-17(9-11-18)24(25,26)27/h2-13H,14-15H2,1H3,(H,28,31). The number of alkyl halides is 3. The quantitative estimate of drug-likeness (QED) is 0.427. The highest BCUT2D eigenvalue weighted by Gasteiger charge is 2.30. The summed E-state index contributed by atoms with van der Waals surface area (Å²) >= 11 is 0. The molecule has 0 saturated carbocycles. The minimum absolute atomic E-state index is 0.0614. The van der Waals surface area contributed by atoms with Gasteiger partial charge in [-0.25, -0.2) is 4.98 Å². The van der Waals surface area contributed by atoms with E-state index in [-0.39, 0.29) is 24.7 Å². The molecule has 164 valence electrons. The maximum absolute atomic E-state index is 12.7. The van der Waals surface area contributed by atoms with Crippen molar-refractivity contribution in [3.05, 3.63) is 89.7 Å². The van der Waals surface area contributed by atoms with Crippen molar-refractivity contribution >= 4 is 22.6 Å². The molecule has 0 unspecified atom stereocenters. The zero-order chi connectivity index (χ0) is 22.7. The maximum Gasteiger partial charge on any atom is 0.416 e. The summed E-state index contributed by atoms with van der Waals surface area (Å²) in [4.78, 5) is 17.2. The van der Waals surface area contributed by atoms with E-state index >= 15 is 0 Å². The summed E-state index contributed by atoms with van der Waals surface area (Å²) in [7, 11) is 0. The van der Waals surface area contributed by atoms with Gasteiger partial charge in [0, 0.05) is 5.69 Å². The fourth-order valence-electron chi connectivity index (χ4n) is 3.28. The van der Waals surface area contributed by atoms with E-state index in [2.05, 4.69) is 10.3 Å². The van der Waals surface area contributed by atoms with Gasteiger partial charge in [-0.15, -0.1) is 0 Å². The highest BCUT2D eigenvalue weighted by Crippen LogP contribution is 2.29. The molecule has 1 heterocycles. The number of carbonyl (C=O) groups is 1. The molecule has 1 N–H and O–H groups in total. The van der Waals surface area contributed by atoms with Gasteiger partial charge in [-0.05, 0) is 55.5 Å². The zero-order valence-electron chi connectivity index (χ0n) is 17.2. The molecule has 0 aliphatic heterocycles. The van der Waals surface area contributed by atoms with E-state index < -0.39 is 11.7 Å². The number of ether oxygens (including phenoxy) is 1. The van der Waals surface area contributed by atoms with E-state index in [1.165, 1.54) is 12.1 Å². The van der Waals surface area contributed by atoms with E-state index in [4.69, 9.17) is 4.74 Å². The van der Waals surface area contributed by atoms with E-state index in [9.17, 15) is 18.0 Å². The van der Waals surface area contributed by atoms with Crippen molar-refractivity contribution in [2.45, 2.75) is 26.3 Å². The third-order valence-corrected chi connectivity index (χ3v) is 4.92. The van der Waals surface area contributed by atoms with Gasteiger partial charge in [-0.3, -0.25) is 4.79 Å². The van der Waals surface area contributed by atoms with Crippen molar-refractivity contribution < 1.29 is 22.7 Å². The van der Waals surface area contributed by atoms with Crippen LogP contribution in [0.25, 0.3) is 11.0 Å². The van der Waals surface area contributed by atoms with Crippen LogP contribution in [0.1, 0.15) is 17.0 Å². The van der Waals surface area contributed by atoms with Gasteiger partial charge in [0.05, 0.1) is 16.6 Å². The van der Waals surface area contributed by atoms with Crippen molar-refractivity contribution in [3.8, 4) is 5.75 Å². The SMILES string of the molecule is Cc1ccc(OCc2nc3ccccc3n2CC(=O)Nc2ccc(C(F)(F)F)cc2)cc1. The Labute approximate surface area is 182 Å². The van der Waals surface area contributed by atoms with Gasteiger partial charge in [0.1, 0.15) is 24.7 Å². The fraction of sp³-hybridized carbons (Fsp3) is 0.167. The molecule has 0 saturated heterocycles. The lowest BCUT2D eigenvalue weighted by Gasteiger charge is -2.12. The van der Waals surface area contributed by atoms with Gasteiger partial charge in [0.2, 0.25) is 5.91 Å². The second-order valence-electron chi connectivity index (χ2n) is 7.33. The molecule has 1 aromatic heterocycles. The summed E-state index contributed by atoms with van der Waals surface area (Å²) in [6, 6.07) is 19.3. The Morgan fingerprint density at radius 3 is 2.38 bits per heavy atom. The van der Waals surface area contributed by atoms with Gasteiger partial charge in [0.15, 0.2) is 0 Å². The molecule has 0 aliphatic rings. The Morgan fingerprint density at radius 2 is 1.69 bits per heavy atom. The van der Waals surface area contributed by atoms with E-state index in [0.717, 1.165) is 28.7 Å².